The zero-order chi connectivity index (χ0) is 26.0. The average Bonchev–Trinajstić information content (AvgIpc) is 3.29. The Kier molecular flexibility index (Phi) is 10.1. The summed E-state index contributed by atoms with van der Waals surface area (Å²) < 4.78 is 22.3. The number of aliphatic hydroxyl groups is 1. The van der Waals surface area contributed by atoms with Gasteiger partial charge in [-0.25, -0.2) is 4.99 Å². The van der Waals surface area contributed by atoms with Crippen LogP contribution in [-0.4, -0.2) is 98.1 Å². The Morgan fingerprint density at radius 2 is 1.92 bits per heavy atom. The molecule has 0 spiro atoms. The first kappa shape index (κ1) is 27.9. The number of nitrogens with zero attached hydrogens (tertiary/aromatic N) is 2. The molecule has 0 aromatic heterocycles. The first-order valence-electron chi connectivity index (χ1n) is 12.6. The maximum Gasteiger partial charge on any atom is 0.306 e. The SMILES string of the molecule is CC(C)(C)OC(=O)CC[C@]1(C(=O)NCCN2CCOCC2)COC(c2ccc(OCCCO)cc2)=N1. The molecule has 3 rings (SSSR count). The van der Waals surface area contributed by atoms with E-state index >= 15 is 0 Å². The number of nitrogens with one attached hydrogen (secondary N) is 1. The first-order valence-corrected chi connectivity index (χ1v) is 12.6. The van der Waals surface area contributed by atoms with Crippen LogP contribution in [0.25, 0.3) is 0 Å². The minimum absolute atomic E-state index is 0.0449. The Balaban J connectivity index is 1.68. The van der Waals surface area contributed by atoms with Gasteiger partial charge in [-0.3, -0.25) is 14.5 Å². The van der Waals surface area contributed by atoms with Gasteiger partial charge in [0, 0.05) is 51.2 Å². The van der Waals surface area contributed by atoms with Gasteiger partial charge in [-0.05, 0) is 51.5 Å². The molecule has 10 heteroatoms. The summed E-state index contributed by atoms with van der Waals surface area (Å²) in [6.07, 6.45) is 0.779. The van der Waals surface area contributed by atoms with Crippen LogP contribution >= 0.6 is 0 Å². The number of carbonyl (C=O) groups is 2. The maximum atomic E-state index is 13.4. The number of carbonyl (C=O) groups excluding carboxylic acids is 2. The van der Waals surface area contributed by atoms with Gasteiger partial charge < -0.3 is 29.4 Å². The van der Waals surface area contributed by atoms with Crippen molar-refractivity contribution in [1.82, 2.24) is 10.2 Å². The van der Waals surface area contributed by atoms with Crippen LogP contribution in [0.1, 0.15) is 45.6 Å². The summed E-state index contributed by atoms with van der Waals surface area (Å²) in [6, 6.07) is 7.21. The lowest BCUT2D eigenvalue weighted by atomic mass is 9.94. The second-order valence-electron chi connectivity index (χ2n) is 9.98. The zero-order valence-electron chi connectivity index (χ0n) is 21.6. The van der Waals surface area contributed by atoms with Crippen LogP contribution < -0.4 is 10.1 Å². The number of rotatable bonds is 12. The summed E-state index contributed by atoms with van der Waals surface area (Å²) in [5.74, 6) is 0.376. The molecule has 200 valence electrons. The summed E-state index contributed by atoms with van der Waals surface area (Å²) in [7, 11) is 0. The van der Waals surface area contributed by atoms with E-state index in [9.17, 15) is 9.59 Å². The predicted molar refractivity (Wildman–Crippen MR) is 134 cm³/mol. The van der Waals surface area contributed by atoms with E-state index in [1.54, 1.807) is 12.1 Å². The quantitative estimate of drug-likeness (QED) is 0.324. The zero-order valence-corrected chi connectivity index (χ0v) is 21.6. The molecule has 0 saturated carbocycles. The summed E-state index contributed by atoms with van der Waals surface area (Å²) in [5.41, 5.74) is -1.11. The number of benzene rings is 1. The van der Waals surface area contributed by atoms with Crippen LogP contribution in [0.4, 0.5) is 0 Å². The number of morpholine rings is 1. The van der Waals surface area contributed by atoms with E-state index in [4.69, 9.17) is 29.0 Å². The van der Waals surface area contributed by atoms with Gasteiger partial charge in [0.05, 0.1) is 19.8 Å². The summed E-state index contributed by atoms with van der Waals surface area (Å²) in [5, 5.41) is 11.9. The van der Waals surface area contributed by atoms with Gasteiger partial charge in [0.15, 0.2) is 5.54 Å². The average molecular weight is 506 g/mol. The minimum atomic E-state index is -1.21. The Labute approximate surface area is 212 Å². The number of ether oxygens (including phenoxy) is 4. The first-order chi connectivity index (χ1) is 17.2. The summed E-state index contributed by atoms with van der Waals surface area (Å²) in [4.78, 5) is 32.7. The molecule has 0 bridgehead atoms. The molecule has 1 fully saturated rings. The molecule has 0 unspecified atom stereocenters. The molecule has 2 heterocycles. The molecule has 2 aliphatic heterocycles. The fourth-order valence-corrected chi connectivity index (χ4v) is 3.92. The highest BCUT2D eigenvalue weighted by Crippen LogP contribution is 2.28. The molecule has 0 radical (unpaired) electrons. The molecule has 0 aliphatic carbocycles. The lowest BCUT2D eigenvalue weighted by molar-refractivity contribution is -0.155. The van der Waals surface area contributed by atoms with E-state index in [1.807, 2.05) is 32.9 Å². The third kappa shape index (κ3) is 8.46. The van der Waals surface area contributed by atoms with Gasteiger partial charge in [0.2, 0.25) is 5.90 Å². The van der Waals surface area contributed by atoms with Crippen LogP contribution in [0.5, 0.6) is 5.75 Å². The molecule has 2 aliphatic rings. The molecule has 1 amide bonds. The lowest BCUT2D eigenvalue weighted by Gasteiger charge is -2.28. The molecule has 10 nitrogen and oxygen atoms in total. The fraction of sp³-hybridized carbons (Fsp3) is 0.654. The Morgan fingerprint density at radius 3 is 2.58 bits per heavy atom. The van der Waals surface area contributed by atoms with Crippen molar-refractivity contribution in [3.8, 4) is 5.75 Å². The summed E-state index contributed by atoms with van der Waals surface area (Å²) in [6.45, 7) is 10.2. The minimum Gasteiger partial charge on any atom is -0.494 e. The van der Waals surface area contributed by atoms with Crippen molar-refractivity contribution in [1.29, 1.82) is 0 Å². The highest BCUT2D eigenvalue weighted by molar-refractivity contribution is 6.00. The van der Waals surface area contributed by atoms with Crippen LogP contribution in [0.15, 0.2) is 29.3 Å². The van der Waals surface area contributed by atoms with Crippen LogP contribution in [-0.2, 0) is 23.8 Å². The smallest absolute Gasteiger partial charge is 0.306 e. The van der Waals surface area contributed by atoms with Crippen molar-refractivity contribution in [3.63, 3.8) is 0 Å². The molecule has 1 aromatic rings. The third-order valence-electron chi connectivity index (χ3n) is 5.84. The number of amides is 1. The molecule has 1 saturated heterocycles. The Bertz CT molecular complexity index is 892. The molecule has 1 aromatic carbocycles. The molecule has 1 atom stereocenters. The van der Waals surface area contributed by atoms with E-state index in [0.29, 0.717) is 56.5 Å². The van der Waals surface area contributed by atoms with Gasteiger partial charge in [-0.15, -0.1) is 0 Å². The number of hydrogen-bond acceptors (Lipinski definition) is 9. The topological polar surface area (TPSA) is 119 Å². The van der Waals surface area contributed by atoms with Crippen molar-refractivity contribution >= 4 is 17.8 Å². The van der Waals surface area contributed by atoms with Crippen molar-refractivity contribution in [3.05, 3.63) is 29.8 Å². The van der Waals surface area contributed by atoms with E-state index in [-0.39, 0.29) is 37.9 Å². The number of aliphatic hydroxyl groups excluding tert-OH is 1. The molecular formula is C26H39N3O7. The predicted octanol–water partition coefficient (Wildman–Crippen LogP) is 1.53. The van der Waals surface area contributed by atoms with Gasteiger partial charge in [0.1, 0.15) is 18.0 Å². The van der Waals surface area contributed by atoms with Gasteiger partial charge in [0.25, 0.3) is 5.91 Å². The van der Waals surface area contributed by atoms with Crippen LogP contribution in [0, 0.1) is 0 Å². The molecule has 2 N–H and O–H groups in total. The molecule has 36 heavy (non-hydrogen) atoms. The second kappa shape index (κ2) is 13.0. The molecular weight excluding hydrogens is 466 g/mol. The highest BCUT2D eigenvalue weighted by atomic mass is 16.6. The number of esters is 1. The standard InChI is InChI=1S/C26H39N3O7/c1-25(2,3)36-22(31)9-10-26(24(32)27-11-12-29-13-17-33-18-14-29)19-35-23(28-26)20-5-7-21(8-6-20)34-16-4-15-30/h5-8,30H,4,9-19H2,1-3H3,(H,27,32)/t26-/m1/s1. The fourth-order valence-electron chi connectivity index (χ4n) is 3.92. The van der Waals surface area contributed by atoms with Crippen LogP contribution in [0.2, 0.25) is 0 Å². The third-order valence-corrected chi connectivity index (χ3v) is 5.84. The van der Waals surface area contributed by atoms with Crippen molar-refractivity contribution in [2.24, 2.45) is 4.99 Å². The van der Waals surface area contributed by atoms with Crippen molar-refractivity contribution in [2.75, 3.05) is 59.2 Å². The van der Waals surface area contributed by atoms with Crippen molar-refractivity contribution < 1.29 is 33.6 Å². The van der Waals surface area contributed by atoms with Gasteiger partial charge >= 0.3 is 5.97 Å². The summed E-state index contributed by atoms with van der Waals surface area (Å²) >= 11 is 0. The highest BCUT2D eigenvalue weighted by Gasteiger charge is 2.44. The van der Waals surface area contributed by atoms with E-state index in [0.717, 1.165) is 13.1 Å². The largest absolute Gasteiger partial charge is 0.494 e. The van der Waals surface area contributed by atoms with E-state index in [2.05, 4.69) is 10.2 Å². The van der Waals surface area contributed by atoms with Gasteiger partial charge in [-0.2, -0.15) is 0 Å². The monoisotopic (exact) mass is 505 g/mol. The Hall–Kier alpha value is -2.69. The Morgan fingerprint density at radius 1 is 1.19 bits per heavy atom. The second-order valence-corrected chi connectivity index (χ2v) is 9.98. The number of aliphatic imine (C=N–C) groups is 1. The van der Waals surface area contributed by atoms with Gasteiger partial charge in [-0.1, -0.05) is 0 Å². The normalized spacial score (nSPS) is 20.4. The lowest BCUT2D eigenvalue weighted by Crippen LogP contribution is -2.49. The van der Waals surface area contributed by atoms with E-state index < -0.39 is 11.1 Å². The number of hydrogen-bond donors (Lipinski definition) is 2. The van der Waals surface area contributed by atoms with Crippen molar-refractivity contribution in [2.45, 2.75) is 51.2 Å². The van der Waals surface area contributed by atoms with Crippen LogP contribution in [0.3, 0.4) is 0 Å². The maximum absolute atomic E-state index is 13.4. The van der Waals surface area contributed by atoms with E-state index in [1.165, 1.54) is 0 Å².